The number of nitrogens with zero attached hydrogens (tertiary/aromatic N) is 2. The van der Waals surface area contributed by atoms with Crippen molar-refractivity contribution in [2.24, 2.45) is 17.3 Å². The normalized spacial score (nSPS) is 21.5. The lowest BCUT2D eigenvalue weighted by Gasteiger charge is -2.36. The van der Waals surface area contributed by atoms with E-state index in [1.165, 1.54) is 4.90 Å². The van der Waals surface area contributed by atoms with Gasteiger partial charge >= 0.3 is 5.97 Å². The van der Waals surface area contributed by atoms with Crippen LogP contribution < -0.4 is 4.90 Å². The van der Waals surface area contributed by atoms with Crippen molar-refractivity contribution in [1.82, 2.24) is 4.90 Å². The fourth-order valence-electron chi connectivity index (χ4n) is 4.78. The van der Waals surface area contributed by atoms with Crippen molar-refractivity contribution in [3.8, 4) is 11.8 Å². The van der Waals surface area contributed by atoms with Crippen LogP contribution in [0.4, 0.5) is 5.69 Å². The molecule has 1 aromatic heterocycles. The zero-order valence-electron chi connectivity index (χ0n) is 21.1. The van der Waals surface area contributed by atoms with E-state index in [0.717, 1.165) is 49.9 Å². The van der Waals surface area contributed by atoms with E-state index in [1.54, 1.807) is 6.07 Å². The molecule has 1 aliphatic carbocycles. The molecular weight excluding hydrogens is 448 g/mol. The molecule has 0 aromatic carbocycles. The number of thiophene rings is 1. The molecule has 2 aliphatic rings. The molecule has 1 saturated carbocycles. The molecule has 2 amide bonds. The first-order chi connectivity index (χ1) is 16.0. The van der Waals surface area contributed by atoms with Crippen LogP contribution in [0.3, 0.4) is 0 Å². The molecule has 1 N–H and O–H groups in total. The summed E-state index contributed by atoms with van der Waals surface area (Å²) in [4.78, 5) is 43.8. The molecule has 2 fully saturated rings. The van der Waals surface area contributed by atoms with E-state index in [2.05, 4.69) is 18.8 Å². The second-order valence-corrected chi connectivity index (χ2v) is 11.8. The number of hydrogen-bond acceptors (Lipinski definition) is 4. The monoisotopic (exact) mass is 486 g/mol. The van der Waals surface area contributed by atoms with Crippen LogP contribution in [0.15, 0.2) is 6.07 Å². The van der Waals surface area contributed by atoms with E-state index in [9.17, 15) is 19.5 Å². The van der Waals surface area contributed by atoms with Gasteiger partial charge in [-0.25, -0.2) is 4.79 Å². The lowest BCUT2D eigenvalue weighted by atomic mass is 9.82. The molecule has 1 aromatic rings. The molecule has 3 rings (SSSR count). The lowest BCUT2D eigenvalue weighted by molar-refractivity contribution is -0.134. The Kier molecular flexibility index (Phi) is 8.46. The van der Waals surface area contributed by atoms with Crippen molar-refractivity contribution < 1.29 is 19.5 Å². The first-order valence-electron chi connectivity index (χ1n) is 12.5. The van der Waals surface area contributed by atoms with Crippen LogP contribution in [0.2, 0.25) is 0 Å². The van der Waals surface area contributed by atoms with E-state index in [4.69, 9.17) is 0 Å². The minimum Gasteiger partial charge on any atom is -0.477 e. The van der Waals surface area contributed by atoms with Gasteiger partial charge in [0.25, 0.3) is 0 Å². The average molecular weight is 487 g/mol. The van der Waals surface area contributed by atoms with Crippen LogP contribution in [-0.2, 0) is 9.59 Å². The van der Waals surface area contributed by atoms with Crippen molar-refractivity contribution in [2.75, 3.05) is 18.0 Å². The number of aromatic carboxylic acids is 1. The van der Waals surface area contributed by atoms with Gasteiger partial charge in [-0.3, -0.25) is 14.5 Å². The summed E-state index contributed by atoms with van der Waals surface area (Å²) < 4.78 is 0. The zero-order chi connectivity index (χ0) is 25.0. The summed E-state index contributed by atoms with van der Waals surface area (Å²) in [5.74, 6) is 5.34. The standard InChI is InChI=1S/C27H38N2O4S/c1-6-21(25(31)28-15-7-8-16-28)29(24(30)19-11-9-18(2)10-12-19)22-17-20(13-14-27(3,4)5)34-23(22)26(32)33/h17-19,21H,6-12,15-16H2,1-5H3,(H,32,33)/t18?,19?,21-/m1/s1. The lowest BCUT2D eigenvalue weighted by Crippen LogP contribution is -2.52. The number of hydrogen-bond donors (Lipinski definition) is 1. The highest BCUT2D eigenvalue weighted by atomic mass is 32.1. The highest BCUT2D eigenvalue weighted by Gasteiger charge is 2.39. The van der Waals surface area contributed by atoms with Crippen molar-refractivity contribution in [2.45, 2.75) is 85.6 Å². The van der Waals surface area contributed by atoms with E-state index in [-0.39, 0.29) is 28.0 Å². The summed E-state index contributed by atoms with van der Waals surface area (Å²) >= 11 is 1.08. The van der Waals surface area contributed by atoms with Crippen molar-refractivity contribution >= 4 is 34.8 Å². The molecule has 1 aliphatic heterocycles. The van der Waals surface area contributed by atoms with Gasteiger partial charge in [-0.2, -0.15) is 0 Å². The molecule has 0 spiro atoms. The average Bonchev–Trinajstić information content (AvgIpc) is 3.45. The maximum atomic E-state index is 14.0. The van der Waals surface area contributed by atoms with Crippen molar-refractivity contribution in [3.63, 3.8) is 0 Å². The molecule has 1 atom stereocenters. The molecule has 1 saturated heterocycles. The number of carboxylic acids is 1. The number of rotatable bonds is 6. The first-order valence-corrected chi connectivity index (χ1v) is 13.4. The van der Waals surface area contributed by atoms with Crippen molar-refractivity contribution in [1.29, 1.82) is 0 Å². The summed E-state index contributed by atoms with van der Waals surface area (Å²) in [7, 11) is 0. The van der Waals surface area contributed by atoms with E-state index < -0.39 is 12.0 Å². The van der Waals surface area contributed by atoms with Gasteiger partial charge < -0.3 is 10.0 Å². The number of carbonyl (C=O) groups is 3. The second-order valence-electron chi connectivity index (χ2n) is 10.8. The van der Waals surface area contributed by atoms with Crippen LogP contribution in [0.5, 0.6) is 0 Å². The van der Waals surface area contributed by atoms with E-state index in [0.29, 0.717) is 36.0 Å². The van der Waals surface area contributed by atoms with Crippen LogP contribution in [-0.4, -0.2) is 46.9 Å². The molecule has 0 radical (unpaired) electrons. The number of anilines is 1. The Bertz CT molecular complexity index is 967. The third-order valence-electron chi connectivity index (χ3n) is 6.73. The Morgan fingerprint density at radius 1 is 1.18 bits per heavy atom. The van der Waals surface area contributed by atoms with Gasteiger partial charge in [0.05, 0.1) is 10.6 Å². The predicted octanol–water partition coefficient (Wildman–Crippen LogP) is 5.40. The highest BCUT2D eigenvalue weighted by Crippen LogP contribution is 2.37. The van der Waals surface area contributed by atoms with Gasteiger partial charge in [-0.05, 0) is 77.7 Å². The molecule has 6 nitrogen and oxygen atoms in total. The minimum atomic E-state index is -1.10. The van der Waals surface area contributed by atoms with Crippen LogP contribution in [0.1, 0.15) is 94.1 Å². The molecule has 2 heterocycles. The van der Waals surface area contributed by atoms with E-state index >= 15 is 0 Å². The fourth-order valence-corrected chi connectivity index (χ4v) is 5.63. The Morgan fingerprint density at radius 2 is 1.79 bits per heavy atom. The molecule has 7 heteroatoms. The Morgan fingerprint density at radius 3 is 2.32 bits per heavy atom. The fraction of sp³-hybridized carbons (Fsp3) is 0.667. The van der Waals surface area contributed by atoms with Crippen LogP contribution >= 0.6 is 11.3 Å². The topological polar surface area (TPSA) is 77.9 Å². The Hall–Kier alpha value is -2.33. The summed E-state index contributed by atoms with van der Waals surface area (Å²) in [6, 6.07) is 0.997. The van der Waals surface area contributed by atoms with Crippen LogP contribution in [0.25, 0.3) is 0 Å². The maximum Gasteiger partial charge on any atom is 0.348 e. The highest BCUT2D eigenvalue weighted by molar-refractivity contribution is 7.15. The number of amides is 2. The third-order valence-corrected chi connectivity index (χ3v) is 7.76. The summed E-state index contributed by atoms with van der Waals surface area (Å²) in [5, 5.41) is 10.0. The van der Waals surface area contributed by atoms with Gasteiger partial charge in [0.2, 0.25) is 11.8 Å². The van der Waals surface area contributed by atoms with Crippen LogP contribution in [0, 0.1) is 29.1 Å². The molecule has 186 valence electrons. The minimum absolute atomic E-state index is 0.0726. The van der Waals surface area contributed by atoms with Gasteiger partial charge in [-0.15, -0.1) is 11.3 Å². The number of carbonyl (C=O) groups excluding carboxylic acids is 2. The van der Waals surface area contributed by atoms with Gasteiger partial charge in [0, 0.05) is 24.4 Å². The molecular formula is C27H38N2O4S. The predicted molar refractivity (Wildman–Crippen MR) is 136 cm³/mol. The SMILES string of the molecule is CC[C@H](C(=O)N1CCCC1)N(C(=O)C1CCC(C)CC1)c1cc(C#CC(C)(C)C)sc1C(=O)O. The second kappa shape index (κ2) is 10.9. The van der Waals surface area contributed by atoms with Gasteiger partial charge in [0.15, 0.2) is 0 Å². The third kappa shape index (κ3) is 6.21. The smallest absolute Gasteiger partial charge is 0.348 e. The Balaban J connectivity index is 2.07. The maximum absolute atomic E-state index is 14.0. The zero-order valence-corrected chi connectivity index (χ0v) is 22.0. The van der Waals surface area contributed by atoms with Crippen molar-refractivity contribution in [3.05, 3.63) is 15.8 Å². The molecule has 34 heavy (non-hydrogen) atoms. The van der Waals surface area contributed by atoms with E-state index in [1.807, 2.05) is 32.6 Å². The molecule has 0 bridgehead atoms. The first kappa shape index (κ1) is 26.3. The summed E-state index contributed by atoms with van der Waals surface area (Å²) in [6.45, 7) is 11.5. The molecule has 0 unspecified atom stereocenters. The summed E-state index contributed by atoms with van der Waals surface area (Å²) in [6.07, 6.45) is 5.84. The quantitative estimate of drug-likeness (QED) is 0.546. The number of carboxylic acid groups (broad SMARTS) is 1. The van der Waals surface area contributed by atoms with Gasteiger partial charge in [0.1, 0.15) is 10.9 Å². The largest absolute Gasteiger partial charge is 0.477 e. The van der Waals surface area contributed by atoms with Gasteiger partial charge in [-0.1, -0.05) is 25.7 Å². The summed E-state index contributed by atoms with van der Waals surface area (Å²) in [5.41, 5.74) is 0.0817. The Labute approximate surface area is 207 Å². The number of likely N-dealkylation sites (tertiary alicyclic amines) is 1.